The van der Waals surface area contributed by atoms with E-state index in [1.807, 2.05) is 0 Å². The minimum Gasteiger partial charge on any atom is -0.381 e. The van der Waals surface area contributed by atoms with Gasteiger partial charge in [0.25, 0.3) is 0 Å². The molecule has 0 spiro atoms. The molecule has 3 nitrogen and oxygen atoms in total. The smallest absolute Gasteiger partial charge is 0.381 e. The lowest BCUT2D eigenvalue weighted by molar-refractivity contribution is -0.137. The average Bonchev–Trinajstić information content (AvgIpc) is 2.39. The minimum absolute atomic E-state index is 0.158. The lowest BCUT2D eigenvalue weighted by atomic mass is 10.0. The molecule has 0 aromatic heterocycles. The van der Waals surface area contributed by atoms with Crippen LogP contribution < -0.4 is 5.32 Å². The zero-order valence-electron chi connectivity index (χ0n) is 10.2. The van der Waals surface area contributed by atoms with E-state index >= 15 is 0 Å². The van der Waals surface area contributed by atoms with Gasteiger partial charge in [0.2, 0.25) is 5.91 Å². The average molecular weight is 273 g/mol. The van der Waals surface area contributed by atoms with Crippen LogP contribution in [0.15, 0.2) is 24.3 Å². The Kier molecular flexibility index (Phi) is 4.09. The van der Waals surface area contributed by atoms with Crippen LogP contribution in [0.25, 0.3) is 0 Å². The fraction of sp³-hybridized carbons (Fsp3) is 0.462. The van der Waals surface area contributed by atoms with Gasteiger partial charge in [0.05, 0.1) is 18.1 Å². The fourth-order valence-electron chi connectivity index (χ4n) is 1.97. The maximum Gasteiger partial charge on any atom is 0.416 e. The number of anilines is 1. The molecular formula is C13H14F3NO2. The van der Waals surface area contributed by atoms with Crippen molar-refractivity contribution >= 4 is 11.6 Å². The third-order valence-electron chi connectivity index (χ3n) is 2.99. The van der Waals surface area contributed by atoms with Crippen molar-refractivity contribution < 1.29 is 22.7 Å². The molecule has 104 valence electrons. The summed E-state index contributed by atoms with van der Waals surface area (Å²) in [7, 11) is 0. The summed E-state index contributed by atoms with van der Waals surface area (Å²) >= 11 is 0. The first kappa shape index (κ1) is 13.9. The first-order chi connectivity index (χ1) is 8.97. The summed E-state index contributed by atoms with van der Waals surface area (Å²) in [5.74, 6) is -0.581. The topological polar surface area (TPSA) is 38.3 Å². The second-order valence-corrected chi connectivity index (χ2v) is 4.48. The van der Waals surface area contributed by atoms with Gasteiger partial charge in [-0.05, 0) is 31.0 Å². The van der Waals surface area contributed by atoms with Crippen LogP contribution in [0.4, 0.5) is 18.9 Å². The van der Waals surface area contributed by atoms with E-state index < -0.39 is 11.7 Å². The third-order valence-corrected chi connectivity index (χ3v) is 2.99. The van der Waals surface area contributed by atoms with Gasteiger partial charge in [0, 0.05) is 12.3 Å². The Labute approximate surface area is 108 Å². The molecule has 1 N–H and O–H groups in total. The quantitative estimate of drug-likeness (QED) is 0.899. The van der Waals surface area contributed by atoms with Gasteiger partial charge in [0.1, 0.15) is 0 Å². The summed E-state index contributed by atoms with van der Waals surface area (Å²) in [6.07, 6.45) is -2.92. The molecular weight excluding hydrogens is 259 g/mol. The first-order valence-electron chi connectivity index (χ1n) is 6.02. The number of carbonyl (C=O) groups excluding carboxylic acids is 1. The second kappa shape index (κ2) is 5.61. The summed E-state index contributed by atoms with van der Waals surface area (Å²) in [5, 5.41) is 2.51. The van der Waals surface area contributed by atoms with E-state index in [9.17, 15) is 18.0 Å². The highest BCUT2D eigenvalue weighted by atomic mass is 19.4. The predicted molar refractivity (Wildman–Crippen MR) is 63.6 cm³/mol. The highest BCUT2D eigenvalue weighted by molar-refractivity contribution is 5.92. The molecule has 1 saturated heterocycles. The van der Waals surface area contributed by atoms with E-state index in [0.29, 0.717) is 19.6 Å². The Hall–Kier alpha value is -1.56. The molecule has 0 saturated carbocycles. The Balaban J connectivity index is 2.04. The molecule has 1 aromatic carbocycles. The number of amides is 1. The molecule has 0 radical (unpaired) electrons. The molecule has 1 heterocycles. The van der Waals surface area contributed by atoms with Gasteiger partial charge < -0.3 is 10.1 Å². The van der Waals surface area contributed by atoms with Crippen LogP contribution in [0.1, 0.15) is 18.4 Å². The van der Waals surface area contributed by atoms with Crippen LogP contribution in [-0.4, -0.2) is 19.1 Å². The van der Waals surface area contributed by atoms with Crippen molar-refractivity contribution in [2.75, 3.05) is 18.5 Å². The number of nitrogens with one attached hydrogen (secondary N) is 1. The number of ether oxygens (including phenoxy) is 1. The third kappa shape index (κ3) is 3.70. The van der Waals surface area contributed by atoms with Gasteiger partial charge in [-0.1, -0.05) is 6.07 Å². The van der Waals surface area contributed by atoms with Crippen molar-refractivity contribution in [1.29, 1.82) is 0 Å². The summed E-state index contributed by atoms with van der Waals surface area (Å²) < 4.78 is 42.8. The molecule has 1 unspecified atom stereocenters. The maximum absolute atomic E-state index is 12.5. The Morgan fingerprint density at radius 2 is 2.16 bits per heavy atom. The van der Waals surface area contributed by atoms with Crippen LogP contribution >= 0.6 is 0 Å². The van der Waals surface area contributed by atoms with Crippen LogP contribution in [0.3, 0.4) is 0 Å². The van der Waals surface area contributed by atoms with E-state index in [1.54, 1.807) is 0 Å². The van der Waals surface area contributed by atoms with Gasteiger partial charge in [-0.2, -0.15) is 13.2 Å². The molecule has 0 aliphatic carbocycles. The number of carbonyl (C=O) groups is 1. The standard InChI is InChI=1S/C13H14F3NO2/c14-13(15,16)10-4-1-5-11(7-10)17-12(18)9-3-2-6-19-8-9/h1,4-5,7,9H,2-3,6,8H2,(H,17,18). The van der Waals surface area contributed by atoms with Crippen molar-refractivity contribution in [2.45, 2.75) is 19.0 Å². The molecule has 1 aromatic rings. The van der Waals surface area contributed by atoms with Crippen LogP contribution in [0, 0.1) is 5.92 Å². The highest BCUT2D eigenvalue weighted by Crippen LogP contribution is 2.30. The first-order valence-corrected chi connectivity index (χ1v) is 6.02. The second-order valence-electron chi connectivity index (χ2n) is 4.48. The molecule has 2 rings (SSSR count). The number of alkyl halides is 3. The zero-order valence-corrected chi connectivity index (χ0v) is 10.2. The number of benzene rings is 1. The van der Waals surface area contributed by atoms with Crippen LogP contribution in [-0.2, 0) is 15.7 Å². The highest BCUT2D eigenvalue weighted by Gasteiger charge is 2.30. The number of hydrogen-bond acceptors (Lipinski definition) is 2. The Morgan fingerprint density at radius 1 is 1.37 bits per heavy atom. The van der Waals surface area contributed by atoms with Crippen molar-refractivity contribution in [3.63, 3.8) is 0 Å². The van der Waals surface area contributed by atoms with Crippen molar-refractivity contribution in [3.8, 4) is 0 Å². The Morgan fingerprint density at radius 3 is 2.79 bits per heavy atom. The van der Waals surface area contributed by atoms with Crippen molar-refractivity contribution in [2.24, 2.45) is 5.92 Å². The lowest BCUT2D eigenvalue weighted by Gasteiger charge is -2.21. The number of rotatable bonds is 2. The van der Waals surface area contributed by atoms with E-state index in [1.165, 1.54) is 12.1 Å². The van der Waals surface area contributed by atoms with Gasteiger partial charge in [-0.15, -0.1) is 0 Å². The molecule has 1 aliphatic rings. The zero-order chi connectivity index (χ0) is 13.9. The van der Waals surface area contributed by atoms with Crippen LogP contribution in [0.2, 0.25) is 0 Å². The number of halogens is 3. The van der Waals surface area contributed by atoms with Gasteiger partial charge in [0.15, 0.2) is 0 Å². The largest absolute Gasteiger partial charge is 0.416 e. The molecule has 1 atom stereocenters. The monoisotopic (exact) mass is 273 g/mol. The van der Waals surface area contributed by atoms with Crippen molar-refractivity contribution in [3.05, 3.63) is 29.8 Å². The minimum atomic E-state index is -4.41. The van der Waals surface area contributed by atoms with E-state index in [-0.39, 0.29) is 17.5 Å². The summed E-state index contributed by atoms with van der Waals surface area (Å²) in [5.41, 5.74) is -0.615. The summed E-state index contributed by atoms with van der Waals surface area (Å²) in [4.78, 5) is 11.9. The molecule has 19 heavy (non-hydrogen) atoms. The maximum atomic E-state index is 12.5. The molecule has 1 aliphatic heterocycles. The predicted octanol–water partition coefficient (Wildman–Crippen LogP) is 3.07. The molecule has 1 fully saturated rings. The molecule has 0 bridgehead atoms. The van der Waals surface area contributed by atoms with E-state index in [0.717, 1.165) is 18.6 Å². The fourth-order valence-corrected chi connectivity index (χ4v) is 1.97. The van der Waals surface area contributed by atoms with E-state index in [2.05, 4.69) is 5.32 Å². The van der Waals surface area contributed by atoms with Gasteiger partial charge >= 0.3 is 6.18 Å². The van der Waals surface area contributed by atoms with Crippen LogP contribution in [0.5, 0.6) is 0 Å². The van der Waals surface area contributed by atoms with Crippen molar-refractivity contribution in [1.82, 2.24) is 0 Å². The molecule has 1 amide bonds. The summed E-state index contributed by atoms with van der Waals surface area (Å²) in [6, 6.07) is 4.62. The summed E-state index contributed by atoms with van der Waals surface area (Å²) in [6.45, 7) is 0.956. The lowest BCUT2D eigenvalue weighted by Crippen LogP contribution is -2.30. The Bertz CT molecular complexity index is 453. The normalized spacial score (nSPS) is 20.1. The SMILES string of the molecule is O=C(Nc1cccc(C(F)(F)F)c1)C1CCCOC1. The van der Waals surface area contributed by atoms with E-state index in [4.69, 9.17) is 4.74 Å². The molecule has 6 heteroatoms. The van der Waals surface area contributed by atoms with Gasteiger partial charge in [-0.3, -0.25) is 4.79 Å². The van der Waals surface area contributed by atoms with Gasteiger partial charge in [-0.25, -0.2) is 0 Å². The number of hydrogen-bond donors (Lipinski definition) is 1.